The molecule has 0 aromatic carbocycles. The molecular formula is C43H83NO8P+. The Morgan fingerprint density at radius 1 is 0.585 bits per heavy atom. The van der Waals surface area contributed by atoms with E-state index in [1.807, 2.05) is 21.1 Å². The second-order valence-electron chi connectivity index (χ2n) is 15.7. The number of hydrogen-bond donors (Lipinski definition) is 1. The van der Waals surface area contributed by atoms with Gasteiger partial charge in [-0.25, -0.2) is 4.57 Å². The topological polar surface area (TPSA) is 108 Å². The van der Waals surface area contributed by atoms with Crippen molar-refractivity contribution in [1.82, 2.24) is 0 Å². The quantitative estimate of drug-likeness (QED) is 0.0216. The van der Waals surface area contributed by atoms with E-state index in [1.165, 1.54) is 103 Å². The summed E-state index contributed by atoms with van der Waals surface area (Å²) in [5.74, 6) is -0.803. The molecule has 0 aliphatic carbocycles. The number of hydrogen-bond acceptors (Lipinski definition) is 7. The SMILES string of the molecule is CCCCC/C=C/C/C=C/CCCCCCCCCC(=O)O[C@H](COC(=O)CCCCCCCCCCCCCC)COP(=O)(O)OCC[N+](C)(C)C. The summed E-state index contributed by atoms with van der Waals surface area (Å²) in [5.41, 5.74) is 0. The normalized spacial score (nSPS) is 13.8. The van der Waals surface area contributed by atoms with Crippen molar-refractivity contribution in [3.05, 3.63) is 24.3 Å². The van der Waals surface area contributed by atoms with E-state index < -0.39 is 26.5 Å². The fraction of sp³-hybridized carbons (Fsp3) is 0.860. The zero-order valence-corrected chi connectivity index (χ0v) is 35.9. The summed E-state index contributed by atoms with van der Waals surface area (Å²) in [4.78, 5) is 35.3. The Bertz CT molecular complexity index is 964. The van der Waals surface area contributed by atoms with Gasteiger partial charge in [-0.3, -0.25) is 18.6 Å². The number of likely N-dealkylation sites (N-methyl/N-ethyl adjacent to an activating group) is 1. The van der Waals surface area contributed by atoms with Crippen LogP contribution in [-0.2, 0) is 32.7 Å². The molecule has 53 heavy (non-hydrogen) atoms. The molecule has 0 rings (SSSR count). The monoisotopic (exact) mass is 773 g/mol. The summed E-state index contributed by atoms with van der Waals surface area (Å²) in [7, 11) is 1.47. The summed E-state index contributed by atoms with van der Waals surface area (Å²) in [6.07, 6.45) is 37.9. The van der Waals surface area contributed by atoms with Gasteiger partial charge in [-0.15, -0.1) is 0 Å². The van der Waals surface area contributed by atoms with Crippen molar-refractivity contribution >= 4 is 19.8 Å². The van der Waals surface area contributed by atoms with Gasteiger partial charge in [0.1, 0.15) is 19.8 Å². The number of allylic oxidation sites excluding steroid dienone is 4. The first kappa shape index (κ1) is 51.5. The third-order valence-electron chi connectivity index (χ3n) is 9.23. The summed E-state index contributed by atoms with van der Waals surface area (Å²) < 4.78 is 34.3. The number of phosphoric ester groups is 1. The highest BCUT2D eigenvalue weighted by Crippen LogP contribution is 2.43. The lowest BCUT2D eigenvalue weighted by Crippen LogP contribution is -2.37. The molecule has 0 amide bonds. The molecule has 9 nitrogen and oxygen atoms in total. The highest BCUT2D eigenvalue weighted by molar-refractivity contribution is 7.47. The molecule has 0 heterocycles. The molecule has 0 bridgehead atoms. The highest BCUT2D eigenvalue weighted by atomic mass is 31.2. The van der Waals surface area contributed by atoms with Crippen molar-refractivity contribution in [2.45, 2.75) is 193 Å². The Hall–Kier alpha value is -1.51. The molecule has 0 radical (unpaired) electrons. The van der Waals surface area contributed by atoms with Crippen molar-refractivity contribution in [1.29, 1.82) is 0 Å². The van der Waals surface area contributed by atoms with Crippen molar-refractivity contribution in [2.24, 2.45) is 0 Å². The molecule has 0 aromatic rings. The van der Waals surface area contributed by atoms with Gasteiger partial charge < -0.3 is 18.9 Å². The molecule has 312 valence electrons. The van der Waals surface area contributed by atoms with Gasteiger partial charge in [-0.2, -0.15) is 0 Å². The van der Waals surface area contributed by atoms with Crippen LogP contribution in [0.2, 0.25) is 0 Å². The third-order valence-corrected chi connectivity index (χ3v) is 10.2. The van der Waals surface area contributed by atoms with E-state index in [2.05, 4.69) is 38.2 Å². The summed E-state index contributed by atoms with van der Waals surface area (Å²) in [6, 6.07) is 0. The average molecular weight is 773 g/mol. The number of unbranched alkanes of at least 4 members (excludes halogenated alkanes) is 21. The maximum absolute atomic E-state index is 12.7. The summed E-state index contributed by atoms with van der Waals surface area (Å²) >= 11 is 0. The molecule has 0 spiro atoms. The molecule has 10 heteroatoms. The number of ether oxygens (including phenoxy) is 2. The van der Waals surface area contributed by atoms with E-state index in [9.17, 15) is 19.0 Å². The molecule has 0 fully saturated rings. The number of carbonyl (C=O) groups excluding carboxylic acids is 2. The van der Waals surface area contributed by atoms with Crippen LogP contribution in [0, 0.1) is 0 Å². The third kappa shape index (κ3) is 40.0. The zero-order valence-electron chi connectivity index (χ0n) is 35.0. The van der Waals surface area contributed by atoms with Gasteiger partial charge >= 0.3 is 19.8 Å². The van der Waals surface area contributed by atoms with Gasteiger partial charge in [0, 0.05) is 12.8 Å². The fourth-order valence-electron chi connectivity index (χ4n) is 5.81. The predicted molar refractivity (Wildman–Crippen MR) is 220 cm³/mol. The second-order valence-corrected chi connectivity index (χ2v) is 17.2. The van der Waals surface area contributed by atoms with E-state index in [-0.39, 0.29) is 25.6 Å². The maximum Gasteiger partial charge on any atom is 0.472 e. The van der Waals surface area contributed by atoms with Crippen molar-refractivity contribution < 1.29 is 42.1 Å². The molecule has 1 N–H and O–H groups in total. The Morgan fingerprint density at radius 3 is 1.53 bits per heavy atom. The van der Waals surface area contributed by atoms with Crippen molar-refractivity contribution in [3.63, 3.8) is 0 Å². The number of phosphoric acid groups is 1. The van der Waals surface area contributed by atoms with Crippen LogP contribution in [0.25, 0.3) is 0 Å². The van der Waals surface area contributed by atoms with Crippen LogP contribution in [0.3, 0.4) is 0 Å². The molecule has 0 aliphatic heterocycles. The van der Waals surface area contributed by atoms with Crippen LogP contribution in [0.4, 0.5) is 0 Å². The maximum atomic E-state index is 12.7. The fourth-order valence-corrected chi connectivity index (χ4v) is 6.55. The lowest BCUT2D eigenvalue weighted by Gasteiger charge is -2.24. The lowest BCUT2D eigenvalue weighted by molar-refractivity contribution is -0.870. The molecule has 0 aliphatic rings. The van der Waals surface area contributed by atoms with Gasteiger partial charge in [0.05, 0.1) is 27.7 Å². The molecule has 2 atom stereocenters. The second kappa shape index (κ2) is 36.1. The Kier molecular flexibility index (Phi) is 35.1. The number of nitrogens with zero attached hydrogens (tertiary/aromatic N) is 1. The minimum absolute atomic E-state index is 0.0317. The lowest BCUT2D eigenvalue weighted by atomic mass is 10.0. The van der Waals surface area contributed by atoms with Crippen molar-refractivity contribution in [2.75, 3.05) is 47.5 Å². The molecule has 1 unspecified atom stereocenters. The first-order valence-corrected chi connectivity index (χ1v) is 23.1. The molecular weight excluding hydrogens is 689 g/mol. The van der Waals surface area contributed by atoms with Crippen LogP contribution in [0.5, 0.6) is 0 Å². The van der Waals surface area contributed by atoms with Gasteiger partial charge in [-0.05, 0) is 44.9 Å². The van der Waals surface area contributed by atoms with E-state index in [4.69, 9.17) is 18.5 Å². The van der Waals surface area contributed by atoms with Gasteiger partial charge in [0.15, 0.2) is 6.10 Å². The van der Waals surface area contributed by atoms with Gasteiger partial charge in [0.2, 0.25) is 0 Å². The largest absolute Gasteiger partial charge is 0.472 e. The van der Waals surface area contributed by atoms with E-state index in [0.29, 0.717) is 23.9 Å². The van der Waals surface area contributed by atoms with Crippen molar-refractivity contribution in [3.8, 4) is 0 Å². The predicted octanol–water partition coefficient (Wildman–Crippen LogP) is 12.0. The number of quaternary nitrogens is 1. The van der Waals surface area contributed by atoms with Crippen LogP contribution in [0.15, 0.2) is 24.3 Å². The first-order valence-electron chi connectivity index (χ1n) is 21.6. The van der Waals surface area contributed by atoms with E-state index >= 15 is 0 Å². The highest BCUT2D eigenvalue weighted by Gasteiger charge is 2.27. The molecule has 0 aromatic heterocycles. The van der Waals surface area contributed by atoms with Crippen LogP contribution >= 0.6 is 7.82 Å². The van der Waals surface area contributed by atoms with E-state index in [0.717, 1.165) is 51.4 Å². The van der Waals surface area contributed by atoms with Crippen LogP contribution in [-0.4, -0.2) is 74.9 Å². The number of rotatable bonds is 39. The average Bonchev–Trinajstić information content (AvgIpc) is 3.10. The summed E-state index contributed by atoms with van der Waals surface area (Å²) in [6.45, 7) is 4.39. The van der Waals surface area contributed by atoms with Gasteiger partial charge in [0.25, 0.3) is 0 Å². The smallest absolute Gasteiger partial charge is 0.462 e. The minimum atomic E-state index is -4.37. The zero-order chi connectivity index (χ0) is 39.3. The van der Waals surface area contributed by atoms with Gasteiger partial charge in [-0.1, -0.05) is 154 Å². The molecule has 0 saturated heterocycles. The Labute approximate surface area is 326 Å². The first-order chi connectivity index (χ1) is 25.5. The van der Waals surface area contributed by atoms with Crippen LogP contribution < -0.4 is 0 Å². The Balaban J connectivity index is 4.37. The Morgan fingerprint density at radius 2 is 1.02 bits per heavy atom. The molecule has 0 saturated carbocycles. The number of carbonyl (C=O) groups is 2. The number of esters is 2. The van der Waals surface area contributed by atoms with Crippen LogP contribution in [0.1, 0.15) is 187 Å². The van der Waals surface area contributed by atoms with E-state index in [1.54, 1.807) is 0 Å². The summed E-state index contributed by atoms with van der Waals surface area (Å²) in [5, 5.41) is 0. The minimum Gasteiger partial charge on any atom is -0.462 e. The standard InChI is InChI=1S/C43H82NO8P/c1-6-8-10-12-14-16-18-20-21-22-23-24-26-28-30-32-34-36-43(46)52-41(40-51-53(47,48)50-38-37-44(3,4)5)39-49-42(45)35-33-31-29-27-25-19-17-15-13-11-9-7-2/h14,16,20-21,41H,6-13,15,17-19,22-40H2,1-5H3/p+1/b16-14+,21-20+/t41-/m1/s1.